The second kappa shape index (κ2) is 5.16. The van der Waals surface area contributed by atoms with Gasteiger partial charge in [-0.25, -0.2) is 4.39 Å². The molecule has 0 bridgehead atoms. The third-order valence-corrected chi connectivity index (χ3v) is 3.44. The van der Waals surface area contributed by atoms with E-state index in [1.165, 1.54) is 12.1 Å². The van der Waals surface area contributed by atoms with E-state index in [4.69, 9.17) is 0 Å². The van der Waals surface area contributed by atoms with Gasteiger partial charge in [0.05, 0.1) is 0 Å². The van der Waals surface area contributed by atoms with E-state index in [1.807, 2.05) is 13.8 Å². The first-order chi connectivity index (χ1) is 9.31. The summed E-state index contributed by atoms with van der Waals surface area (Å²) in [6.45, 7) is 6.93. The molecule has 2 aromatic rings. The van der Waals surface area contributed by atoms with Crippen LogP contribution in [0.2, 0.25) is 0 Å². The highest BCUT2D eigenvalue weighted by Crippen LogP contribution is 2.40. The third-order valence-electron chi connectivity index (χ3n) is 3.44. The second-order valence-corrected chi connectivity index (χ2v) is 5.36. The van der Waals surface area contributed by atoms with E-state index >= 15 is 0 Å². The van der Waals surface area contributed by atoms with Crippen LogP contribution < -0.4 is 0 Å². The molecule has 0 saturated carbocycles. The van der Waals surface area contributed by atoms with Crippen molar-refractivity contribution in [1.82, 2.24) is 0 Å². The number of alkyl halides is 1. The van der Waals surface area contributed by atoms with E-state index in [-0.39, 0.29) is 22.6 Å². The van der Waals surface area contributed by atoms with Crippen molar-refractivity contribution in [3.8, 4) is 11.5 Å². The van der Waals surface area contributed by atoms with Crippen LogP contribution in [0.25, 0.3) is 0 Å². The predicted octanol–water partition coefficient (Wildman–Crippen LogP) is 5.27. The molecule has 2 rings (SSSR count). The molecule has 0 aliphatic heterocycles. The topological polar surface area (TPSA) is 39.8 Å². The molecular formula is C17H17FO2. The first kappa shape index (κ1) is 14.4. The Balaban J connectivity index is 2.60. The number of halogens is 1. The number of rotatable bonds is 2. The quantitative estimate of drug-likeness (QED) is 0.714. The molecule has 0 saturated heterocycles. The molecule has 2 radical (unpaired) electrons. The molecule has 0 N–H and O–H groups in total. The maximum atomic E-state index is 14.7. The van der Waals surface area contributed by atoms with E-state index in [1.54, 1.807) is 26.0 Å². The summed E-state index contributed by atoms with van der Waals surface area (Å²) in [6, 6.07) is 6.49. The lowest BCUT2D eigenvalue weighted by atomic mass is 9.94. The van der Waals surface area contributed by atoms with Crippen molar-refractivity contribution in [1.29, 1.82) is 0 Å². The number of hydrogen-bond donors (Lipinski definition) is 0. The normalized spacial score (nSPS) is 11.1. The molecular weight excluding hydrogens is 255 g/mol. The largest absolute Gasteiger partial charge is 0.289 e. The molecule has 20 heavy (non-hydrogen) atoms. The van der Waals surface area contributed by atoms with E-state index < -0.39 is 6.17 Å². The zero-order chi connectivity index (χ0) is 15.0. The van der Waals surface area contributed by atoms with Gasteiger partial charge in [-0.2, -0.15) is 0 Å². The van der Waals surface area contributed by atoms with Gasteiger partial charge in [0.15, 0.2) is 17.7 Å². The lowest BCUT2D eigenvalue weighted by Gasteiger charge is -2.14. The summed E-state index contributed by atoms with van der Waals surface area (Å²) in [6.07, 6.45) is -1.67. The highest BCUT2D eigenvalue weighted by molar-refractivity contribution is 5.51. The van der Waals surface area contributed by atoms with Crippen molar-refractivity contribution in [3.63, 3.8) is 0 Å². The lowest BCUT2D eigenvalue weighted by Crippen LogP contribution is -1.99. The number of hydrogen-bond acceptors (Lipinski definition) is 0. The van der Waals surface area contributed by atoms with Gasteiger partial charge in [-0.15, -0.1) is 0 Å². The number of benzene rings is 2. The molecule has 2 aromatic carbocycles. The molecule has 0 amide bonds. The van der Waals surface area contributed by atoms with Gasteiger partial charge in [0.1, 0.15) is 0 Å². The fourth-order valence-corrected chi connectivity index (χ4v) is 2.52. The van der Waals surface area contributed by atoms with Crippen molar-refractivity contribution >= 4 is 0 Å². The monoisotopic (exact) mass is 272 g/mol. The fourth-order valence-electron chi connectivity index (χ4n) is 2.52. The van der Waals surface area contributed by atoms with Crippen molar-refractivity contribution < 1.29 is 14.6 Å². The van der Waals surface area contributed by atoms with Crippen LogP contribution in [0.5, 0.6) is 11.5 Å². The first-order valence-corrected chi connectivity index (χ1v) is 6.51. The third kappa shape index (κ3) is 2.48. The Labute approximate surface area is 118 Å². The highest BCUT2D eigenvalue weighted by Gasteiger charge is 2.24. The molecule has 0 aliphatic rings. The Morgan fingerprint density at radius 3 is 1.45 bits per heavy atom. The molecule has 0 atom stereocenters. The Kier molecular flexibility index (Phi) is 3.71. The van der Waals surface area contributed by atoms with Crippen LogP contribution in [0.1, 0.15) is 39.6 Å². The van der Waals surface area contributed by atoms with Gasteiger partial charge in [-0.3, -0.25) is 10.2 Å². The average molecular weight is 272 g/mol. The molecule has 0 unspecified atom stereocenters. The zero-order valence-corrected chi connectivity index (χ0v) is 12.1. The maximum Gasteiger partial charge on any atom is 0.188 e. The van der Waals surface area contributed by atoms with Crippen LogP contribution in [0.15, 0.2) is 24.3 Å². The van der Waals surface area contributed by atoms with Gasteiger partial charge in [0.25, 0.3) is 0 Å². The second-order valence-electron chi connectivity index (χ2n) is 5.36. The molecule has 0 aromatic heterocycles. The minimum absolute atomic E-state index is 0.0459. The zero-order valence-electron chi connectivity index (χ0n) is 12.1. The minimum atomic E-state index is -1.67. The van der Waals surface area contributed by atoms with Crippen molar-refractivity contribution in [2.24, 2.45) is 0 Å². The van der Waals surface area contributed by atoms with Crippen LogP contribution >= 0.6 is 0 Å². The predicted molar refractivity (Wildman–Crippen MR) is 75.0 cm³/mol. The number of aryl methyl sites for hydroxylation is 4. The van der Waals surface area contributed by atoms with Crippen LogP contribution in [0, 0.1) is 27.7 Å². The SMILES string of the molecule is Cc1cc(C)c([O])c(C(F)c2cc(C)cc(C)c2[O])c1. The summed E-state index contributed by atoms with van der Waals surface area (Å²) >= 11 is 0. The summed E-state index contributed by atoms with van der Waals surface area (Å²) in [7, 11) is 0. The Bertz CT molecular complexity index is 605. The summed E-state index contributed by atoms with van der Waals surface area (Å²) in [5.74, 6) is -0.664. The van der Waals surface area contributed by atoms with Crippen LogP contribution in [0.4, 0.5) is 4.39 Å². The van der Waals surface area contributed by atoms with E-state index in [9.17, 15) is 14.6 Å². The van der Waals surface area contributed by atoms with Crippen LogP contribution in [-0.2, 0) is 10.2 Å². The van der Waals surface area contributed by atoms with Gasteiger partial charge in [-0.05, 0) is 51.0 Å². The van der Waals surface area contributed by atoms with Crippen molar-refractivity contribution in [3.05, 3.63) is 57.6 Å². The Morgan fingerprint density at radius 1 is 0.750 bits per heavy atom. The van der Waals surface area contributed by atoms with Crippen molar-refractivity contribution in [2.75, 3.05) is 0 Å². The fraction of sp³-hybridized carbons (Fsp3) is 0.294. The summed E-state index contributed by atoms with van der Waals surface area (Å²) in [4.78, 5) is 0. The van der Waals surface area contributed by atoms with Crippen LogP contribution in [0.3, 0.4) is 0 Å². The van der Waals surface area contributed by atoms with E-state index in [0.29, 0.717) is 11.1 Å². The van der Waals surface area contributed by atoms with Gasteiger partial charge >= 0.3 is 0 Å². The minimum Gasteiger partial charge on any atom is -0.289 e. The summed E-state index contributed by atoms with van der Waals surface area (Å²) in [5, 5.41) is 24.1. The Hall–Kier alpha value is -2.03. The molecule has 2 nitrogen and oxygen atoms in total. The lowest BCUT2D eigenvalue weighted by molar-refractivity contribution is 0.306. The van der Waals surface area contributed by atoms with E-state index in [2.05, 4.69) is 0 Å². The van der Waals surface area contributed by atoms with Gasteiger partial charge < -0.3 is 0 Å². The maximum absolute atomic E-state index is 14.7. The molecule has 0 aliphatic carbocycles. The molecule has 3 heteroatoms. The molecule has 104 valence electrons. The summed E-state index contributed by atoms with van der Waals surface area (Å²) < 4.78 is 14.7. The smallest absolute Gasteiger partial charge is 0.188 e. The van der Waals surface area contributed by atoms with E-state index in [0.717, 1.165) is 11.1 Å². The highest BCUT2D eigenvalue weighted by atomic mass is 19.1. The first-order valence-electron chi connectivity index (χ1n) is 6.51. The molecule has 0 fully saturated rings. The Morgan fingerprint density at radius 2 is 1.10 bits per heavy atom. The van der Waals surface area contributed by atoms with Gasteiger partial charge in [-0.1, -0.05) is 23.3 Å². The average Bonchev–Trinajstić information content (AvgIpc) is 2.37. The van der Waals surface area contributed by atoms with Gasteiger partial charge in [0, 0.05) is 11.1 Å². The molecule has 0 heterocycles. The van der Waals surface area contributed by atoms with Gasteiger partial charge in [0.2, 0.25) is 0 Å². The summed E-state index contributed by atoms with van der Waals surface area (Å²) in [5.41, 5.74) is 2.72. The van der Waals surface area contributed by atoms with Crippen molar-refractivity contribution in [2.45, 2.75) is 33.9 Å². The standard InChI is InChI=1S/C17H17FO2/c1-9-5-11(3)16(19)13(7-9)15(18)14-8-10(2)6-12(4)17(14)20/h5-8,15H,1-4H3. The molecule has 0 spiro atoms. The van der Waals surface area contributed by atoms with Crippen LogP contribution in [-0.4, -0.2) is 0 Å².